The summed E-state index contributed by atoms with van der Waals surface area (Å²) in [7, 11) is 0. The molecule has 26 heavy (non-hydrogen) atoms. The number of carboxylic acids is 1. The molecule has 2 aliphatic heterocycles. The van der Waals surface area contributed by atoms with Crippen LogP contribution in [0.25, 0.3) is 0 Å². The highest BCUT2D eigenvalue weighted by atomic mass is 16.5. The minimum Gasteiger partial charge on any atom is -0.481 e. The molecule has 4 rings (SSSR count). The van der Waals surface area contributed by atoms with E-state index in [1.54, 1.807) is 0 Å². The van der Waals surface area contributed by atoms with E-state index in [2.05, 4.69) is 11.1 Å². The highest BCUT2D eigenvalue weighted by Crippen LogP contribution is 2.49. The normalized spacial score (nSPS) is 27.1. The van der Waals surface area contributed by atoms with Gasteiger partial charge < -0.3 is 19.4 Å². The Morgan fingerprint density at radius 3 is 2.69 bits per heavy atom. The first-order valence-electron chi connectivity index (χ1n) is 9.15. The van der Waals surface area contributed by atoms with E-state index in [1.165, 1.54) is 11.8 Å². The zero-order valence-corrected chi connectivity index (χ0v) is 14.5. The van der Waals surface area contributed by atoms with Crippen LogP contribution in [0.4, 0.5) is 0 Å². The topological polar surface area (TPSA) is 92.8 Å². The number of rotatable bonds is 7. The van der Waals surface area contributed by atoms with E-state index in [-0.39, 0.29) is 37.1 Å². The van der Waals surface area contributed by atoms with Gasteiger partial charge in [-0.25, -0.2) is 4.98 Å². The molecule has 2 fully saturated rings. The van der Waals surface area contributed by atoms with Crippen molar-refractivity contribution >= 4 is 5.97 Å². The standard InChI is InChI=1S/C20H23NO5/c22-10-14-11-25-20(21-14)19-15(16-6-7-17(19)26-16)9-13-4-2-1-3-12(13)5-8-18(23)24/h1-4,11,15-17,19,22H,5-10H2,(H,23,24)/t15-,16-,17+,19-/m0/s1. The maximum Gasteiger partial charge on any atom is 0.303 e. The van der Waals surface area contributed by atoms with Gasteiger partial charge in [0.15, 0.2) is 5.89 Å². The van der Waals surface area contributed by atoms with Crippen molar-refractivity contribution in [2.45, 2.75) is 56.8 Å². The molecule has 0 aliphatic carbocycles. The zero-order valence-electron chi connectivity index (χ0n) is 14.5. The molecule has 0 unspecified atom stereocenters. The highest BCUT2D eigenvalue weighted by molar-refractivity contribution is 5.67. The van der Waals surface area contributed by atoms with Crippen LogP contribution in [0.5, 0.6) is 0 Å². The number of benzene rings is 1. The van der Waals surface area contributed by atoms with E-state index in [9.17, 15) is 9.90 Å². The Labute approximate surface area is 151 Å². The van der Waals surface area contributed by atoms with E-state index in [0.717, 1.165) is 24.8 Å². The number of carbonyl (C=O) groups is 1. The second kappa shape index (κ2) is 7.21. The van der Waals surface area contributed by atoms with Gasteiger partial charge in [0, 0.05) is 12.3 Å². The molecule has 138 valence electrons. The fourth-order valence-corrected chi connectivity index (χ4v) is 4.42. The van der Waals surface area contributed by atoms with Crippen molar-refractivity contribution in [3.63, 3.8) is 0 Å². The van der Waals surface area contributed by atoms with E-state index in [0.29, 0.717) is 18.0 Å². The Morgan fingerprint density at radius 2 is 1.96 bits per heavy atom. The van der Waals surface area contributed by atoms with Crippen molar-refractivity contribution in [2.75, 3.05) is 0 Å². The largest absolute Gasteiger partial charge is 0.481 e. The third kappa shape index (κ3) is 3.27. The molecular weight excluding hydrogens is 334 g/mol. The minimum atomic E-state index is -0.780. The Hall–Kier alpha value is -2.18. The van der Waals surface area contributed by atoms with Gasteiger partial charge in [0.2, 0.25) is 0 Å². The van der Waals surface area contributed by atoms with Gasteiger partial charge in [-0.1, -0.05) is 24.3 Å². The van der Waals surface area contributed by atoms with Crippen LogP contribution >= 0.6 is 0 Å². The van der Waals surface area contributed by atoms with Crippen LogP contribution in [0, 0.1) is 5.92 Å². The third-order valence-electron chi connectivity index (χ3n) is 5.62. The number of oxazole rings is 1. The summed E-state index contributed by atoms with van der Waals surface area (Å²) in [5, 5.41) is 18.3. The number of aliphatic hydroxyl groups excluding tert-OH is 1. The lowest BCUT2D eigenvalue weighted by Crippen LogP contribution is -2.28. The molecule has 0 saturated carbocycles. The monoisotopic (exact) mass is 357 g/mol. The molecule has 1 aromatic heterocycles. The van der Waals surface area contributed by atoms with Crippen LogP contribution in [-0.4, -0.2) is 33.4 Å². The van der Waals surface area contributed by atoms with Crippen LogP contribution in [0.1, 0.15) is 47.9 Å². The SMILES string of the molecule is O=C(O)CCc1ccccc1C[C@@H]1[C@H](c2nc(CO)co2)[C@H]2CC[C@@H]1O2. The van der Waals surface area contributed by atoms with Gasteiger partial charge in [0.25, 0.3) is 0 Å². The summed E-state index contributed by atoms with van der Waals surface area (Å²) in [4.78, 5) is 15.4. The summed E-state index contributed by atoms with van der Waals surface area (Å²) in [5.41, 5.74) is 2.80. The minimum absolute atomic E-state index is 0.0848. The molecule has 0 amide bonds. The first-order valence-corrected chi connectivity index (χ1v) is 9.15. The Kier molecular flexibility index (Phi) is 4.78. The molecule has 6 heteroatoms. The number of carboxylic acid groups (broad SMARTS) is 1. The van der Waals surface area contributed by atoms with Crippen molar-refractivity contribution in [1.82, 2.24) is 4.98 Å². The third-order valence-corrected chi connectivity index (χ3v) is 5.62. The summed E-state index contributed by atoms with van der Waals surface area (Å²) in [5.74, 6) is 0.207. The average molecular weight is 357 g/mol. The van der Waals surface area contributed by atoms with E-state index in [4.69, 9.17) is 14.3 Å². The number of ether oxygens (including phenoxy) is 1. The molecule has 2 saturated heterocycles. The molecule has 3 heterocycles. The molecule has 6 nitrogen and oxygen atoms in total. The number of nitrogens with zero attached hydrogens (tertiary/aromatic N) is 1. The molecule has 0 spiro atoms. The van der Waals surface area contributed by atoms with Crippen LogP contribution < -0.4 is 0 Å². The quantitative estimate of drug-likeness (QED) is 0.791. The molecule has 1 aromatic carbocycles. The molecule has 2 bridgehead atoms. The Bertz CT molecular complexity index is 786. The van der Waals surface area contributed by atoms with Gasteiger partial charge >= 0.3 is 5.97 Å². The van der Waals surface area contributed by atoms with Crippen LogP contribution in [0.3, 0.4) is 0 Å². The summed E-state index contributed by atoms with van der Waals surface area (Å²) in [6.07, 6.45) is 5.33. The van der Waals surface area contributed by atoms with Crippen molar-refractivity contribution in [3.05, 3.63) is 53.2 Å². The lowest BCUT2D eigenvalue weighted by atomic mass is 9.75. The highest BCUT2D eigenvalue weighted by Gasteiger charge is 2.51. The Balaban J connectivity index is 1.57. The molecule has 2 aromatic rings. The predicted octanol–water partition coefficient (Wildman–Crippen LogP) is 2.69. The van der Waals surface area contributed by atoms with Crippen LogP contribution in [0.2, 0.25) is 0 Å². The Morgan fingerprint density at radius 1 is 1.19 bits per heavy atom. The number of fused-ring (bicyclic) bond motifs is 2. The molecule has 4 atom stereocenters. The second-order valence-electron chi connectivity index (χ2n) is 7.18. The lowest BCUT2D eigenvalue weighted by Gasteiger charge is -2.26. The molecule has 2 N–H and O–H groups in total. The van der Waals surface area contributed by atoms with E-state index >= 15 is 0 Å². The summed E-state index contributed by atoms with van der Waals surface area (Å²) < 4.78 is 11.8. The second-order valence-corrected chi connectivity index (χ2v) is 7.18. The van der Waals surface area contributed by atoms with Gasteiger partial charge in [0.1, 0.15) is 12.0 Å². The van der Waals surface area contributed by atoms with Crippen molar-refractivity contribution in [3.8, 4) is 0 Å². The lowest BCUT2D eigenvalue weighted by molar-refractivity contribution is -0.136. The number of aliphatic carboxylic acids is 1. The summed E-state index contributed by atoms with van der Waals surface area (Å²) in [6, 6.07) is 8.04. The van der Waals surface area contributed by atoms with Crippen molar-refractivity contribution in [2.24, 2.45) is 5.92 Å². The smallest absolute Gasteiger partial charge is 0.303 e. The molecular formula is C20H23NO5. The zero-order chi connectivity index (χ0) is 18.1. The maximum atomic E-state index is 10.9. The van der Waals surface area contributed by atoms with Gasteiger partial charge in [-0.3, -0.25) is 4.79 Å². The van der Waals surface area contributed by atoms with Gasteiger partial charge in [-0.15, -0.1) is 0 Å². The van der Waals surface area contributed by atoms with Crippen molar-refractivity contribution in [1.29, 1.82) is 0 Å². The van der Waals surface area contributed by atoms with E-state index < -0.39 is 5.97 Å². The van der Waals surface area contributed by atoms with Gasteiger partial charge in [0.05, 0.1) is 24.7 Å². The first kappa shape index (κ1) is 17.2. The average Bonchev–Trinajstić information content (AvgIpc) is 3.36. The summed E-state index contributed by atoms with van der Waals surface area (Å²) in [6.45, 7) is -0.131. The first-order chi connectivity index (χ1) is 12.7. The maximum absolute atomic E-state index is 10.9. The molecule has 2 aliphatic rings. The van der Waals surface area contributed by atoms with Gasteiger partial charge in [-0.2, -0.15) is 0 Å². The summed E-state index contributed by atoms with van der Waals surface area (Å²) >= 11 is 0. The van der Waals surface area contributed by atoms with E-state index in [1.807, 2.05) is 18.2 Å². The number of aliphatic hydroxyl groups is 1. The number of aromatic nitrogens is 1. The predicted molar refractivity (Wildman–Crippen MR) is 92.7 cm³/mol. The number of hydrogen-bond acceptors (Lipinski definition) is 5. The van der Waals surface area contributed by atoms with Gasteiger partial charge in [-0.05, 0) is 36.8 Å². The fourth-order valence-electron chi connectivity index (χ4n) is 4.42. The van der Waals surface area contributed by atoms with Crippen LogP contribution in [-0.2, 0) is 29.0 Å². The fraction of sp³-hybridized carbons (Fsp3) is 0.500. The van der Waals surface area contributed by atoms with Crippen molar-refractivity contribution < 1.29 is 24.2 Å². The number of hydrogen-bond donors (Lipinski definition) is 2. The number of aryl methyl sites for hydroxylation is 1. The molecule has 0 radical (unpaired) electrons. The van der Waals surface area contributed by atoms with Crippen LogP contribution in [0.15, 0.2) is 34.9 Å².